The molecule has 0 spiro atoms. The topological polar surface area (TPSA) is 80.1 Å². The second-order valence-electron chi connectivity index (χ2n) is 3.08. The maximum absolute atomic E-state index is 11.1. The number of ether oxygens (including phenoxy) is 4. The highest BCUT2D eigenvalue weighted by molar-refractivity contribution is 14.1. The normalized spacial score (nSPS) is 10.2. The standard InChI is InChI=1S/C10H12INO6/c1-15-5-17-8-4-3-7(11)10(18-6-16-2)9(8)12(13)14/h3-4H,5-6H2,1-2H3. The van der Waals surface area contributed by atoms with Gasteiger partial charge in [0.2, 0.25) is 11.5 Å². The fraction of sp³-hybridized carbons (Fsp3) is 0.400. The van der Waals surface area contributed by atoms with Gasteiger partial charge in [-0.25, -0.2) is 0 Å². The molecule has 0 aliphatic rings. The first-order valence-corrected chi connectivity index (χ1v) is 5.90. The van der Waals surface area contributed by atoms with Crippen molar-refractivity contribution in [2.24, 2.45) is 0 Å². The fourth-order valence-electron chi connectivity index (χ4n) is 1.20. The minimum absolute atomic E-state index is 0.0782. The molecule has 0 N–H and O–H groups in total. The minimum atomic E-state index is -0.557. The van der Waals surface area contributed by atoms with Crippen LogP contribution in [-0.2, 0) is 9.47 Å². The first-order valence-electron chi connectivity index (χ1n) is 4.82. The number of nitro benzene ring substituents is 1. The molecule has 0 atom stereocenters. The third-order valence-corrected chi connectivity index (χ3v) is 2.73. The third-order valence-electron chi connectivity index (χ3n) is 1.88. The molecule has 0 aromatic heterocycles. The van der Waals surface area contributed by atoms with Crippen molar-refractivity contribution in [3.63, 3.8) is 0 Å². The Labute approximate surface area is 117 Å². The molecule has 8 heteroatoms. The number of nitro groups is 1. The van der Waals surface area contributed by atoms with Crippen LogP contribution in [-0.4, -0.2) is 32.7 Å². The highest BCUT2D eigenvalue weighted by atomic mass is 127. The second kappa shape index (κ2) is 7.34. The van der Waals surface area contributed by atoms with Gasteiger partial charge in [-0.1, -0.05) is 0 Å². The summed E-state index contributed by atoms with van der Waals surface area (Å²) in [6, 6.07) is 3.15. The Balaban J connectivity index is 3.15. The molecule has 0 unspecified atom stereocenters. The van der Waals surface area contributed by atoms with E-state index in [2.05, 4.69) is 0 Å². The highest BCUT2D eigenvalue weighted by Crippen LogP contribution is 2.40. The number of nitrogens with zero attached hydrogens (tertiary/aromatic N) is 1. The van der Waals surface area contributed by atoms with Gasteiger partial charge in [0.05, 0.1) is 8.49 Å². The van der Waals surface area contributed by atoms with E-state index in [9.17, 15) is 10.1 Å². The first-order chi connectivity index (χ1) is 8.61. The summed E-state index contributed by atoms with van der Waals surface area (Å²) in [6.07, 6.45) is 0. The molecular formula is C10H12INO6. The highest BCUT2D eigenvalue weighted by Gasteiger charge is 2.25. The summed E-state index contributed by atoms with van der Waals surface area (Å²) in [5.41, 5.74) is -0.240. The average molecular weight is 369 g/mol. The molecule has 100 valence electrons. The van der Waals surface area contributed by atoms with Crippen molar-refractivity contribution in [3.05, 3.63) is 25.8 Å². The van der Waals surface area contributed by atoms with Crippen LogP contribution < -0.4 is 9.47 Å². The zero-order valence-corrected chi connectivity index (χ0v) is 12.0. The van der Waals surface area contributed by atoms with E-state index in [0.29, 0.717) is 3.57 Å². The van der Waals surface area contributed by atoms with Gasteiger partial charge in [-0.15, -0.1) is 0 Å². The zero-order chi connectivity index (χ0) is 13.5. The lowest BCUT2D eigenvalue weighted by atomic mass is 10.2. The number of rotatable bonds is 7. The quantitative estimate of drug-likeness (QED) is 0.317. The van der Waals surface area contributed by atoms with Crippen LogP contribution in [0.1, 0.15) is 0 Å². The van der Waals surface area contributed by atoms with Crippen molar-refractivity contribution in [2.75, 3.05) is 27.8 Å². The Kier molecular flexibility index (Phi) is 6.09. The number of halogens is 1. The molecule has 0 bridgehead atoms. The van der Waals surface area contributed by atoms with Crippen LogP contribution in [0.25, 0.3) is 0 Å². The van der Waals surface area contributed by atoms with Gasteiger partial charge < -0.3 is 18.9 Å². The third kappa shape index (κ3) is 3.68. The van der Waals surface area contributed by atoms with Crippen molar-refractivity contribution >= 4 is 28.3 Å². The van der Waals surface area contributed by atoms with Crippen molar-refractivity contribution in [1.29, 1.82) is 0 Å². The van der Waals surface area contributed by atoms with Crippen LogP contribution in [0.5, 0.6) is 11.5 Å². The monoisotopic (exact) mass is 369 g/mol. The lowest BCUT2D eigenvalue weighted by Gasteiger charge is -2.11. The molecule has 1 rings (SSSR count). The molecule has 1 aromatic rings. The molecule has 0 fully saturated rings. The van der Waals surface area contributed by atoms with Crippen LogP contribution in [0.3, 0.4) is 0 Å². The first kappa shape index (κ1) is 14.9. The Morgan fingerprint density at radius 3 is 2.39 bits per heavy atom. The van der Waals surface area contributed by atoms with Gasteiger partial charge in [-0.2, -0.15) is 0 Å². The zero-order valence-electron chi connectivity index (χ0n) is 9.84. The van der Waals surface area contributed by atoms with Crippen molar-refractivity contribution in [2.45, 2.75) is 0 Å². The van der Waals surface area contributed by atoms with E-state index in [1.807, 2.05) is 22.6 Å². The summed E-state index contributed by atoms with van der Waals surface area (Å²) in [5, 5.41) is 11.1. The SMILES string of the molecule is COCOc1ccc(I)c(OCOC)c1[N+](=O)[O-]. The second-order valence-corrected chi connectivity index (χ2v) is 4.24. The number of hydrogen-bond donors (Lipinski definition) is 0. The predicted octanol–water partition coefficient (Wildman–Crippen LogP) is 2.16. The van der Waals surface area contributed by atoms with E-state index in [1.165, 1.54) is 20.3 Å². The van der Waals surface area contributed by atoms with Gasteiger partial charge in [-0.3, -0.25) is 10.1 Å². The smallest absolute Gasteiger partial charge is 0.353 e. The Morgan fingerprint density at radius 1 is 1.22 bits per heavy atom. The molecule has 18 heavy (non-hydrogen) atoms. The van der Waals surface area contributed by atoms with E-state index in [4.69, 9.17) is 18.9 Å². The van der Waals surface area contributed by atoms with Gasteiger partial charge in [0.15, 0.2) is 13.6 Å². The molecule has 0 saturated heterocycles. The molecular weight excluding hydrogens is 357 g/mol. The Bertz CT molecular complexity index is 425. The molecule has 0 aliphatic carbocycles. The molecule has 7 nitrogen and oxygen atoms in total. The molecule has 0 aliphatic heterocycles. The largest absolute Gasteiger partial charge is 0.460 e. The number of hydrogen-bond acceptors (Lipinski definition) is 6. The van der Waals surface area contributed by atoms with E-state index in [1.54, 1.807) is 6.07 Å². The number of methoxy groups -OCH3 is 2. The summed E-state index contributed by atoms with van der Waals surface area (Å²) in [4.78, 5) is 10.5. The lowest BCUT2D eigenvalue weighted by Crippen LogP contribution is -2.07. The maximum atomic E-state index is 11.1. The van der Waals surface area contributed by atoms with E-state index in [-0.39, 0.29) is 30.8 Å². The summed E-state index contributed by atoms with van der Waals surface area (Å²) < 4.78 is 20.4. The Morgan fingerprint density at radius 2 is 1.83 bits per heavy atom. The molecule has 1 aromatic carbocycles. The van der Waals surface area contributed by atoms with Crippen molar-refractivity contribution in [3.8, 4) is 11.5 Å². The van der Waals surface area contributed by atoms with E-state index in [0.717, 1.165) is 0 Å². The van der Waals surface area contributed by atoms with Crippen LogP contribution in [0.2, 0.25) is 0 Å². The van der Waals surface area contributed by atoms with Gasteiger partial charge in [0, 0.05) is 14.2 Å². The van der Waals surface area contributed by atoms with E-state index < -0.39 is 4.92 Å². The maximum Gasteiger partial charge on any atom is 0.353 e. The van der Waals surface area contributed by atoms with Crippen molar-refractivity contribution in [1.82, 2.24) is 0 Å². The van der Waals surface area contributed by atoms with Crippen LogP contribution >= 0.6 is 22.6 Å². The fourth-order valence-corrected chi connectivity index (χ4v) is 1.79. The molecule has 0 saturated carbocycles. The average Bonchev–Trinajstić information content (AvgIpc) is 2.35. The predicted molar refractivity (Wildman–Crippen MR) is 70.8 cm³/mol. The summed E-state index contributed by atoms with van der Waals surface area (Å²) in [6.45, 7) is -0.157. The Hall–Kier alpha value is -1.13. The molecule has 0 radical (unpaired) electrons. The number of benzene rings is 1. The minimum Gasteiger partial charge on any atom is -0.460 e. The van der Waals surface area contributed by atoms with Crippen LogP contribution in [0.15, 0.2) is 12.1 Å². The molecule has 0 heterocycles. The van der Waals surface area contributed by atoms with Gasteiger partial charge in [0.25, 0.3) is 0 Å². The van der Waals surface area contributed by atoms with Gasteiger partial charge in [-0.05, 0) is 34.7 Å². The summed E-state index contributed by atoms with van der Waals surface area (Å²) in [7, 11) is 2.87. The summed E-state index contributed by atoms with van der Waals surface area (Å²) >= 11 is 1.94. The lowest BCUT2D eigenvalue weighted by molar-refractivity contribution is -0.387. The molecule has 0 amide bonds. The van der Waals surface area contributed by atoms with E-state index >= 15 is 0 Å². The van der Waals surface area contributed by atoms with Crippen LogP contribution in [0.4, 0.5) is 5.69 Å². The summed E-state index contributed by atoms with van der Waals surface area (Å²) in [5.74, 6) is 0.212. The van der Waals surface area contributed by atoms with Crippen molar-refractivity contribution < 1.29 is 23.9 Å². The van der Waals surface area contributed by atoms with Gasteiger partial charge in [0.1, 0.15) is 0 Å². The van der Waals surface area contributed by atoms with Crippen LogP contribution in [0, 0.1) is 13.7 Å². The van der Waals surface area contributed by atoms with Gasteiger partial charge >= 0.3 is 5.69 Å².